The lowest BCUT2D eigenvalue weighted by Crippen LogP contribution is -2.48. The summed E-state index contributed by atoms with van der Waals surface area (Å²) in [4.78, 5) is 39.6. The Morgan fingerprint density at radius 2 is 1.83 bits per heavy atom. The fraction of sp³-hybridized carbons (Fsp3) is 0.333. The Kier molecular flexibility index (Phi) is 5.41. The molecule has 0 unspecified atom stereocenters. The number of aromatic nitrogens is 3. The van der Waals surface area contributed by atoms with Crippen LogP contribution in [0.1, 0.15) is 22.8 Å². The van der Waals surface area contributed by atoms with E-state index >= 15 is 0 Å². The summed E-state index contributed by atoms with van der Waals surface area (Å²) in [6.07, 6.45) is 5.84. The second-order valence-corrected chi connectivity index (χ2v) is 7.13. The second kappa shape index (κ2) is 8.30. The number of nitrogens with zero attached hydrogens (tertiary/aromatic N) is 4. The van der Waals surface area contributed by atoms with Crippen LogP contribution in [0, 0.1) is 0 Å². The highest BCUT2D eigenvalue weighted by Crippen LogP contribution is 2.17. The zero-order valence-electron chi connectivity index (χ0n) is 16.4. The van der Waals surface area contributed by atoms with Gasteiger partial charge in [0.2, 0.25) is 11.9 Å². The van der Waals surface area contributed by atoms with Gasteiger partial charge in [0.25, 0.3) is 5.91 Å². The van der Waals surface area contributed by atoms with Crippen molar-refractivity contribution in [1.29, 1.82) is 0 Å². The van der Waals surface area contributed by atoms with E-state index in [9.17, 15) is 9.59 Å². The number of para-hydroxylation sites is 1. The minimum absolute atomic E-state index is 0.0882. The van der Waals surface area contributed by atoms with Crippen molar-refractivity contribution < 1.29 is 9.59 Å². The molecule has 0 radical (unpaired) electrons. The van der Waals surface area contributed by atoms with Crippen LogP contribution in [0.4, 0.5) is 5.95 Å². The minimum atomic E-state index is -0.183. The van der Waals surface area contributed by atoms with Gasteiger partial charge in [-0.1, -0.05) is 18.2 Å². The number of benzene rings is 1. The van der Waals surface area contributed by atoms with Gasteiger partial charge in [-0.2, -0.15) is 0 Å². The summed E-state index contributed by atoms with van der Waals surface area (Å²) in [6.45, 7) is 4.82. The maximum atomic E-state index is 12.4. The Labute approximate surface area is 168 Å². The second-order valence-electron chi connectivity index (χ2n) is 7.13. The van der Waals surface area contributed by atoms with Gasteiger partial charge < -0.3 is 20.1 Å². The third-order valence-corrected chi connectivity index (χ3v) is 5.26. The third-order valence-electron chi connectivity index (χ3n) is 5.26. The number of carbonyl (C=O) groups is 2. The molecule has 2 aromatic heterocycles. The molecule has 0 bridgehead atoms. The predicted molar refractivity (Wildman–Crippen MR) is 111 cm³/mol. The highest BCUT2D eigenvalue weighted by atomic mass is 16.2. The van der Waals surface area contributed by atoms with Crippen LogP contribution in [-0.4, -0.2) is 64.4 Å². The van der Waals surface area contributed by atoms with E-state index < -0.39 is 0 Å². The van der Waals surface area contributed by atoms with Gasteiger partial charge in [0.05, 0.1) is 5.56 Å². The first-order chi connectivity index (χ1) is 14.1. The molecule has 1 aliphatic rings. The number of anilines is 1. The Balaban J connectivity index is 1.30. The molecule has 29 heavy (non-hydrogen) atoms. The Morgan fingerprint density at radius 3 is 2.55 bits per heavy atom. The smallest absolute Gasteiger partial charge is 0.254 e. The van der Waals surface area contributed by atoms with Crippen molar-refractivity contribution in [3.63, 3.8) is 0 Å². The standard InChI is InChI=1S/C21H24N6O2/c1-15(28)26-8-10-27(11-9-26)21-24-13-17(14-25-21)20(29)22-7-6-16-12-23-19-5-3-2-4-18(16)19/h2-5,12-14,23H,6-11H2,1H3,(H,22,29). The lowest BCUT2D eigenvalue weighted by Gasteiger charge is -2.34. The molecule has 0 aliphatic carbocycles. The average Bonchev–Trinajstić information content (AvgIpc) is 3.17. The normalized spacial score (nSPS) is 14.2. The van der Waals surface area contributed by atoms with Crippen molar-refractivity contribution in [1.82, 2.24) is 25.2 Å². The highest BCUT2D eigenvalue weighted by molar-refractivity contribution is 5.93. The van der Waals surface area contributed by atoms with Gasteiger partial charge in [-0.05, 0) is 18.1 Å². The molecule has 2 amide bonds. The molecule has 1 fully saturated rings. The summed E-state index contributed by atoms with van der Waals surface area (Å²) >= 11 is 0. The van der Waals surface area contributed by atoms with Crippen LogP contribution in [0.15, 0.2) is 42.9 Å². The topological polar surface area (TPSA) is 94.2 Å². The maximum Gasteiger partial charge on any atom is 0.254 e. The molecule has 3 aromatic rings. The largest absolute Gasteiger partial charge is 0.361 e. The Morgan fingerprint density at radius 1 is 1.10 bits per heavy atom. The molecule has 3 heterocycles. The predicted octanol–water partition coefficient (Wildman–Crippen LogP) is 1.60. The summed E-state index contributed by atoms with van der Waals surface area (Å²) in [7, 11) is 0. The SMILES string of the molecule is CC(=O)N1CCN(c2ncc(C(=O)NCCc3c[nH]c4ccccc34)cn2)CC1. The van der Waals surface area contributed by atoms with Gasteiger partial charge in [0, 0.05) is 69.1 Å². The highest BCUT2D eigenvalue weighted by Gasteiger charge is 2.20. The van der Waals surface area contributed by atoms with E-state index in [-0.39, 0.29) is 11.8 Å². The molecule has 4 rings (SSSR count). The zero-order chi connectivity index (χ0) is 20.2. The number of aromatic amines is 1. The van der Waals surface area contributed by atoms with Crippen LogP contribution < -0.4 is 10.2 Å². The number of fused-ring (bicyclic) bond motifs is 1. The molecule has 1 aliphatic heterocycles. The van der Waals surface area contributed by atoms with Gasteiger partial charge in [-0.3, -0.25) is 9.59 Å². The summed E-state index contributed by atoms with van der Waals surface area (Å²) in [5, 5.41) is 4.11. The van der Waals surface area contributed by atoms with Crippen LogP contribution in [0.2, 0.25) is 0 Å². The zero-order valence-corrected chi connectivity index (χ0v) is 16.4. The number of nitrogens with one attached hydrogen (secondary N) is 2. The molecule has 0 atom stereocenters. The first-order valence-corrected chi connectivity index (χ1v) is 9.77. The fourth-order valence-corrected chi connectivity index (χ4v) is 3.57. The average molecular weight is 392 g/mol. The van der Waals surface area contributed by atoms with Crippen LogP contribution >= 0.6 is 0 Å². The molecule has 1 saturated heterocycles. The van der Waals surface area contributed by atoms with E-state index in [4.69, 9.17) is 0 Å². The van der Waals surface area contributed by atoms with E-state index in [1.165, 1.54) is 10.9 Å². The summed E-state index contributed by atoms with van der Waals surface area (Å²) in [5.41, 5.74) is 2.72. The van der Waals surface area contributed by atoms with Gasteiger partial charge in [-0.15, -0.1) is 0 Å². The molecule has 0 spiro atoms. The quantitative estimate of drug-likeness (QED) is 0.688. The van der Waals surface area contributed by atoms with Crippen LogP contribution in [0.25, 0.3) is 10.9 Å². The summed E-state index contributed by atoms with van der Waals surface area (Å²) < 4.78 is 0. The molecule has 2 N–H and O–H groups in total. The molecule has 8 heteroatoms. The van der Waals surface area contributed by atoms with Crippen molar-refractivity contribution in [3.05, 3.63) is 54.0 Å². The lowest BCUT2D eigenvalue weighted by molar-refractivity contribution is -0.129. The first-order valence-electron chi connectivity index (χ1n) is 9.77. The van der Waals surface area contributed by atoms with E-state index in [0.29, 0.717) is 44.2 Å². The molecule has 1 aromatic carbocycles. The summed E-state index contributed by atoms with van der Waals surface area (Å²) in [6, 6.07) is 8.12. The van der Waals surface area contributed by atoms with Gasteiger partial charge >= 0.3 is 0 Å². The van der Waals surface area contributed by atoms with Crippen molar-refractivity contribution >= 4 is 28.7 Å². The third kappa shape index (κ3) is 4.21. The van der Waals surface area contributed by atoms with E-state index in [2.05, 4.69) is 26.3 Å². The lowest BCUT2D eigenvalue weighted by atomic mass is 10.1. The Bertz CT molecular complexity index is 1010. The van der Waals surface area contributed by atoms with E-state index in [1.807, 2.05) is 34.2 Å². The maximum absolute atomic E-state index is 12.4. The number of piperazine rings is 1. The van der Waals surface area contributed by atoms with E-state index in [1.54, 1.807) is 19.3 Å². The molecular formula is C21H24N6O2. The molecule has 0 saturated carbocycles. The van der Waals surface area contributed by atoms with Gasteiger partial charge in [0.1, 0.15) is 0 Å². The van der Waals surface area contributed by atoms with Crippen molar-refractivity contribution in [2.24, 2.45) is 0 Å². The first kappa shape index (κ1) is 18.9. The van der Waals surface area contributed by atoms with Gasteiger partial charge in [0.15, 0.2) is 0 Å². The number of hydrogen-bond donors (Lipinski definition) is 2. The monoisotopic (exact) mass is 392 g/mol. The van der Waals surface area contributed by atoms with Crippen molar-refractivity contribution in [2.75, 3.05) is 37.6 Å². The number of carbonyl (C=O) groups excluding carboxylic acids is 2. The number of hydrogen-bond acceptors (Lipinski definition) is 5. The van der Waals surface area contributed by atoms with Gasteiger partial charge in [-0.25, -0.2) is 9.97 Å². The van der Waals surface area contributed by atoms with Crippen molar-refractivity contribution in [2.45, 2.75) is 13.3 Å². The van der Waals surface area contributed by atoms with Crippen LogP contribution in [0.5, 0.6) is 0 Å². The number of amides is 2. The van der Waals surface area contributed by atoms with E-state index in [0.717, 1.165) is 11.9 Å². The Hall–Kier alpha value is -3.42. The number of H-pyrrole nitrogens is 1. The molecular weight excluding hydrogens is 368 g/mol. The molecule has 150 valence electrons. The fourth-order valence-electron chi connectivity index (χ4n) is 3.57. The molecule has 8 nitrogen and oxygen atoms in total. The van der Waals surface area contributed by atoms with Crippen LogP contribution in [0.3, 0.4) is 0 Å². The van der Waals surface area contributed by atoms with Crippen molar-refractivity contribution in [3.8, 4) is 0 Å². The van der Waals surface area contributed by atoms with Crippen LogP contribution in [-0.2, 0) is 11.2 Å². The number of rotatable bonds is 5. The summed E-state index contributed by atoms with van der Waals surface area (Å²) in [5.74, 6) is 0.492. The minimum Gasteiger partial charge on any atom is -0.361 e.